The number of alkyl halides is 3. The van der Waals surface area contributed by atoms with Gasteiger partial charge in [-0.25, -0.2) is 0 Å². The van der Waals surface area contributed by atoms with Gasteiger partial charge in [-0.3, -0.25) is 9.78 Å². The largest absolute Gasteiger partial charge is 0.492 e. The van der Waals surface area contributed by atoms with Crippen molar-refractivity contribution >= 4 is 11.6 Å². The number of carbonyl (C=O) groups is 1. The van der Waals surface area contributed by atoms with Crippen molar-refractivity contribution in [1.82, 2.24) is 10.3 Å². The maximum Gasteiger partial charge on any atom is 0.416 e. The highest BCUT2D eigenvalue weighted by Crippen LogP contribution is 2.34. The topological polar surface area (TPSA) is 63.2 Å². The zero-order chi connectivity index (χ0) is 18.6. The van der Waals surface area contributed by atoms with E-state index in [0.29, 0.717) is 0 Å². The number of hydrogen-bond acceptors (Lipinski definition) is 4. The quantitative estimate of drug-likeness (QED) is 0.852. The Morgan fingerprint density at radius 1 is 1.35 bits per heavy atom. The summed E-state index contributed by atoms with van der Waals surface area (Å²) in [6.45, 7) is 1.15. The molecule has 8 heteroatoms. The van der Waals surface area contributed by atoms with Crippen LogP contribution in [0.1, 0.15) is 28.8 Å². The third kappa shape index (κ3) is 4.72. The van der Waals surface area contributed by atoms with Crippen LogP contribution in [0.2, 0.25) is 0 Å². The summed E-state index contributed by atoms with van der Waals surface area (Å²) in [7, 11) is 0. The number of rotatable bonds is 5. The Kier molecular flexibility index (Phi) is 5.41. The van der Waals surface area contributed by atoms with Crippen LogP contribution in [0.5, 0.6) is 5.75 Å². The lowest BCUT2D eigenvalue weighted by Crippen LogP contribution is -2.28. The van der Waals surface area contributed by atoms with Crippen molar-refractivity contribution in [1.29, 1.82) is 0 Å². The van der Waals surface area contributed by atoms with Crippen LogP contribution in [0.25, 0.3) is 0 Å². The number of hydrogen-bond donors (Lipinski definition) is 2. The molecule has 0 spiro atoms. The fraction of sp³-hybridized carbons (Fsp3) is 0.333. The number of benzene rings is 1. The lowest BCUT2D eigenvalue weighted by Gasteiger charge is -2.16. The number of nitrogens with zero attached hydrogens (tertiary/aromatic N) is 1. The molecule has 0 bridgehead atoms. The summed E-state index contributed by atoms with van der Waals surface area (Å²) in [5, 5.41) is 5.68. The highest BCUT2D eigenvalue weighted by Gasteiger charge is 2.32. The molecule has 1 fully saturated rings. The van der Waals surface area contributed by atoms with Crippen LogP contribution < -0.4 is 15.4 Å². The number of anilines is 1. The zero-order valence-electron chi connectivity index (χ0n) is 13.8. The second-order valence-electron chi connectivity index (χ2n) is 6.04. The van der Waals surface area contributed by atoms with Crippen LogP contribution in [0.3, 0.4) is 0 Å². The van der Waals surface area contributed by atoms with Gasteiger partial charge in [-0.05, 0) is 43.7 Å². The Hall–Kier alpha value is -2.61. The first-order valence-corrected chi connectivity index (χ1v) is 8.22. The highest BCUT2D eigenvalue weighted by molar-refractivity contribution is 6.04. The van der Waals surface area contributed by atoms with Crippen LogP contribution in [0.15, 0.2) is 42.7 Å². The van der Waals surface area contributed by atoms with Gasteiger partial charge >= 0.3 is 6.18 Å². The molecule has 1 atom stereocenters. The Bertz CT molecular complexity index is 760. The Morgan fingerprint density at radius 3 is 2.85 bits per heavy atom. The fourth-order valence-electron chi connectivity index (χ4n) is 2.71. The third-order valence-corrected chi connectivity index (χ3v) is 4.03. The summed E-state index contributed by atoms with van der Waals surface area (Å²) in [6.07, 6.45) is 0.238. The van der Waals surface area contributed by atoms with Gasteiger partial charge in [0.15, 0.2) is 0 Å². The van der Waals surface area contributed by atoms with Gasteiger partial charge in [-0.1, -0.05) is 0 Å². The number of carbonyl (C=O) groups excluding carboxylic acids is 1. The molecule has 2 N–H and O–H groups in total. The second kappa shape index (κ2) is 7.74. The van der Waals surface area contributed by atoms with Crippen molar-refractivity contribution in [3.05, 3.63) is 53.9 Å². The van der Waals surface area contributed by atoms with E-state index in [2.05, 4.69) is 15.6 Å². The van der Waals surface area contributed by atoms with E-state index in [4.69, 9.17) is 4.74 Å². The Balaban J connectivity index is 1.79. The van der Waals surface area contributed by atoms with Gasteiger partial charge in [0.2, 0.25) is 0 Å². The molecule has 1 amide bonds. The second-order valence-corrected chi connectivity index (χ2v) is 6.04. The van der Waals surface area contributed by atoms with Gasteiger partial charge in [0.05, 0.1) is 11.1 Å². The summed E-state index contributed by atoms with van der Waals surface area (Å²) in [5.41, 5.74) is -0.610. The van der Waals surface area contributed by atoms with Crippen molar-refractivity contribution in [2.24, 2.45) is 0 Å². The maximum atomic E-state index is 13.2. The normalized spacial score (nSPS) is 17.1. The number of ether oxygens (including phenoxy) is 1. The minimum Gasteiger partial charge on any atom is -0.492 e. The van der Waals surface area contributed by atoms with E-state index < -0.39 is 17.6 Å². The van der Waals surface area contributed by atoms with Gasteiger partial charge in [0, 0.05) is 30.2 Å². The van der Waals surface area contributed by atoms with Crippen LogP contribution in [-0.4, -0.2) is 30.1 Å². The number of nitrogens with one attached hydrogen (secondary N) is 2. The first-order chi connectivity index (χ1) is 12.4. The van der Waals surface area contributed by atoms with Gasteiger partial charge in [-0.2, -0.15) is 13.2 Å². The van der Waals surface area contributed by atoms with Crippen molar-refractivity contribution in [3.8, 4) is 5.75 Å². The van der Waals surface area contributed by atoms with Crippen molar-refractivity contribution in [2.45, 2.75) is 25.1 Å². The smallest absolute Gasteiger partial charge is 0.416 e. The molecule has 1 aromatic carbocycles. The molecule has 0 radical (unpaired) electrons. The molecule has 1 aromatic heterocycles. The molecule has 138 valence electrons. The summed E-state index contributed by atoms with van der Waals surface area (Å²) in [6, 6.07) is 6.43. The monoisotopic (exact) mass is 365 g/mol. The molecule has 1 saturated heterocycles. The molecule has 2 heterocycles. The molecular formula is C18H18F3N3O2. The van der Waals surface area contributed by atoms with Gasteiger partial charge in [0.1, 0.15) is 12.4 Å². The third-order valence-electron chi connectivity index (χ3n) is 4.03. The van der Waals surface area contributed by atoms with Crippen LogP contribution in [0.4, 0.5) is 18.9 Å². The van der Waals surface area contributed by atoms with Crippen molar-refractivity contribution in [3.63, 3.8) is 0 Å². The minimum atomic E-state index is -4.54. The number of amides is 1. The summed E-state index contributed by atoms with van der Waals surface area (Å²) in [4.78, 5) is 16.0. The average molecular weight is 365 g/mol. The predicted molar refractivity (Wildman–Crippen MR) is 90.2 cm³/mol. The van der Waals surface area contributed by atoms with Crippen molar-refractivity contribution in [2.75, 3.05) is 18.5 Å². The molecule has 1 aliphatic rings. The number of halogens is 3. The van der Waals surface area contributed by atoms with E-state index in [9.17, 15) is 18.0 Å². The lowest BCUT2D eigenvalue weighted by atomic mass is 10.1. The predicted octanol–water partition coefficient (Wildman–Crippen LogP) is 3.48. The summed E-state index contributed by atoms with van der Waals surface area (Å²) in [5.74, 6) is -0.476. The number of pyridine rings is 1. The van der Waals surface area contributed by atoms with Gasteiger partial charge in [-0.15, -0.1) is 0 Å². The molecule has 2 aromatic rings. The van der Waals surface area contributed by atoms with E-state index in [0.717, 1.165) is 31.5 Å². The van der Waals surface area contributed by atoms with E-state index in [1.807, 2.05) is 0 Å². The average Bonchev–Trinajstić information content (AvgIpc) is 3.13. The summed E-state index contributed by atoms with van der Waals surface area (Å²) < 4.78 is 45.0. The molecule has 0 unspecified atom stereocenters. The molecule has 1 aliphatic heterocycles. The fourth-order valence-corrected chi connectivity index (χ4v) is 2.71. The summed E-state index contributed by atoms with van der Waals surface area (Å²) >= 11 is 0. The van der Waals surface area contributed by atoms with Crippen LogP contribution in [0, 0.1) is 0 Å². The lowest BCUT2D eigenvalue weighted by molar-refractivity contribution is -0.137. The molecule has 0 saturated carbocycles. The Labute approximate surface area is 148 Å². The van der Waals surface area contributed by atoms with E-state index >= 15 is 0 Å². The molecular weight excluding hydrogens is 347 g/mol. The van der Waals surface area contributed by atoms with E-state index in [1.54, 1.807) is 6.07 Å². The first kappa shape index (κ1) is 18.2. The maximum absolute atomic E-state index is 13.2. The van der Waals surface area contributed by atoms with Gasteiger partial charge in [0.25, 0.3) is 5.91 Å². The molecule has 26 heavy (non-hydrogen) atoms. The number of aromatic nitrogens is 1. The molecule has 3 rings (SSSR count). The highest BCUT2D eigenvalue weighted by atomic mass is 19.4. The molecule has 5 nitrogen and oxygen atoms in total. The SMILES string of the molecule is O=C(Nc1cc(OC[C@@H]2CCCN2)cc(C(F)(F)F)c1)c1cccnc1. The van der Waals surface area contributed by atoms with Crippen molar-refractivity contribution < 1.29 is 22.7 Å². The minimum absolute atomic E-state index is 0.0167. The van der Waals surface area contributed by atoms with Gasteiger partial charge < -0.3 is 15.4 Å². The standard InChI is InChI=1S/C18H18F3N3O2/c19-18(20,21)13-7-15(24-17(25)12-3-1-5-22-10-12)9-16(8-13)26-11-14-4-2-6-23-14/h1,3,5,7-10,14,23H,2,4,6,11H2,(H,24,25)/t14-/m0/s1. The van der Waals surface area contributed by atoms with E-state index in [-0.39, 0.29) is 29.6 Å². The van der Waals surface area contributed by atoms with Crippen LogP contribution in [-0.2, 0) is 6.18 Å². The van der Waals surface area contributed by atoms with Crippen LogP contribution >= 0.6 is 0 Å². The zero-order valence-corrected chi connectivity index (χ0v) is 13.8. The van der Waals surface area contributed by atoms with E-state index in [1.165, 1.54) is 24.5 Å². The molecule has 0 aliphatic carbocycles. The Morgan fingerprint density at radius 2 is 2.19 bits per heavy atom. The first-order valence-electron chi connectivity index (χ1n) is 8.22.